The third-order valence-electron chi connectivity index (χ3n) is 4.49. The quantitative estimate of drug-likeness (QED) is 0.765. The summed E-state index contributed by atoms with van der Waals surface area (Å²) in [5.41, 5.74) is 6.18. The van der Waals surface area contributed by atoms with Gasteiger partial charge in [0.05, 0.1) is 0 Å². The Morgan fingerprint density at radius 2 is 1.88 bits per heavy atom. The van der Waals surface area contributed by atoms with Crippen LogP contribution in [0.3, 0.4) is 0 Å². The first-order chi connectivity index (χ1) is 7.58. The van der Waals surface area contributed by atoms with E-state index in [1.165, 1.54) is 32.5 Å². The molecule has 3 heteroatoms. The highest BCUT2D eigenvalue weighted by molar-refractivity contribution is 4.90. The molecular formula is C13H27N3. The number of hydrogen-bond acceptors (Lipinski definition) is 3. The highest BCUT2D eigenvalue weighted by Gasteiger charge is 2.32. The van der Waals surface area contributed by atoms with E-state index in [2.05, 4.69) is 30.6 Å². The zero-order valence-electron chi connectivity index (χ0n) is 11.0. The summed E-state index contributed by atoms with van der Waals surface area (Å²) >= 11 is 0. The van der Waals surface area contributed by atoms with Crippen molar-refractivity contribution in [1.82, 2.24) is 9.80 Å². The van der Waals surface area contributed by atoms with Crippen molar-refractivity contribution in [3.63, 3.8) is 0 Å². The molecule has 3 unspecified atom stereocenters. The normalized spacial score (nSPS) is 38.4. The van der Waals surface area contributed by atoms with Crippen molar-refractivity contribution in [3.8, 4) is 0 Å². The molecule has 0 aliphatic carbocycles. The summed E-state index contributed by atoms with van der Waals surface area (Å²) in [5, 5.41) is 0. The third-order valence-corrected chi connectivity index (χ3v) is 4.49. The first-order valence-corrected chi connectivity index (χ1v) is 6.81. The van der Waals surface area contributed by atoms with Crippen LogP contribution in [-0.4, -0.2) is 54.1 Å². The van der Waals surface area contributed by atoms with Gasteiger partial charge in [-0.15, -0.1) is 0 Å². The second-order valence-corrected chi connectivity index (χ2v) is 5.96. The second kappa shape index (κ2) is 5.03. The summed E-state index contributed by atoms with van der Waals surface area (Å²) < 4.78 is 0. The minimum atomic E-state index is 0.391. The van der Waals surface area contributed by atoms with Gasteiger partial charge in [0.25, 0.3) is 0 Å². The highest BCUT2D eigenvalue weighted by atomic mass is 15.3. The molecule has 0 saturated carbocycles. The molecule has 2 fully saturated rings. The van der Waals surface area contributed by atoms with Crippen LogP contribution in [0.4, 0.5) is 0 Å². The van der Waals surface area contributed by atoms with Crippen LogP contribution >= 0.6 is 0 Å². The molecule has 2 saturated heterocycles. The van der Waals surface area contributed by atoms with Crippen LogP contribution in [0.1, 0.15) is 33.6 Å². The average molecular weight is 225 g/mol. The molecule has 0 radical (unpaired) electrons. The van der Waals surface area contributed by atoms with E-state index in [9.17, 15) is 0 Å². The largest absolute Gasteiger partial charge is 0.326 e. The molecular weight excluding hydrogens is 198 g/mol. The molecule has 94 valence electrons. The number of nitrogens with zero attached hydrogens (tertiary/aromatic N) is 2. The average Bonchev–Trinajstić information content (AvgIpc) is 2.71. The van der Waals surface area contributed by atoms with Crippen LogP contribution in [0.25, 0.3) is 0 Å². The van der Waals surface area contributed by atoms with Gasteiger partial charge >= 0.3 is 0 Å². The van der Waals surface area contributed by atoms with Crippen molar-refractivity contribution >= 4 is 0 Å². The lowest BCUT2D eigenvalue weighted by molar-refractivity contribution is 0.118. The van der Waals surface area contributed by atoms with Crippen LogP contribution in [0, 0.1) is 5.92 Å². The highest BCUT2D eigenvalue weighted by Crippen LogP contribution is 2.23. The van der Waals surface area contributed by atoms with Gasteiger partial charge in [-0.2, -0.15) is 0 Å². The molecule has 2 heterocycles. The fourth-order valence-corrected chi connectivity index (χ4v) is 2.99. The Kier molecular flexibility index (Phi) is 3.88. The smallest absolute Gasteiger partial charge is 0.0236 e. The summed E-state index contributed by atoms with van der Waals surface area (Å²) in [7, 11) is 0. The Bertz CT molecular complexity index is 229. The van der Waals surface area contributed by atoms with E-state index in [-0.39, 0.29) is 0 Å². The van der Waals surface area contributed by atoms with E-state index < -0.39 is 0 Å². The zero-order valence-corrected chi connectivity index (χ0v) is 11.0. The predicted octanol–water partition coefficient (Wildman–Crippen LogP) is 1.14. The zero-order chi connectivity index (χ0) is 11.7. The Labute approximate surface area is 100.0 Å². The van der Waals surface area contributed by atoms with Gasteiger partial charge in [-0.05, 0) is 39.2 Å². The van der Waals surface area contributed by atoms with Crippen molar-refractivity contribution in [3.05, 3.63) is 0 Å². The number of nitrogens with two attached hydrogens (primary N) is 1. The van der Waals surface area contributed by atoms with Crippen LogP contribution < -0.4 is 5.73 Å². The monoisotopic (exact) mass is 225 g/mol. The summed E-state index contributed by atoms with van der Waals surface area (Å²) in [6.07, 6.45) is 2.61. The summed E-state index contributed by atoms with van der Waals surface area (Å²) in [6.45, 7) is 11.8. The van der Waals surface area contributed by atoms with Gasteiger partial charge in [0.2, 0.25) is 0 Å². The first kappa shape index (κ1) is 12.3. The van der Waals surface area contributed by atoms with Gasteiger partial charge < -0.3 is 5.73 Å². The minimum Gasteiger partial charge on any atom is -0.326 e. The third kappa shape index (κ3) is 2.58. The fraction of sp³-hybridized carbons (Fsp3) is 1.00. The lowest BCUT2D eigenvalue weighted by Crippen LogP contribution is -2.52. The number of hydrogen-bond donors (Lipinski definition) is 1. The molecule has 0 spiro atoms. The maximum atomic E-state index is 6.18. The molecule has 2 aliphatic rings. The van der Waals surface area contributed by atoms with Crippen LogP contribution in [-0.2, 0) is 0 Å². The minimum absolute atomic E-state index is 0.391. The van der Waals surface area contributed by atoms with Crippen LogP contribution in [0.2, 0.25) is 0 Å². The maximum absolute atomic E-state index is 6.18. The molecule has 0 aromatic carbocycles. The summed E-state index contributed by atoms with van der Waals surface area (Å²) in [4.78, 5) is 5.22. The van der Waals surface area contributed by atoms with Crippen molar-refractivity contribution < 1.29 is 0 Å². The molecule has 3 atom stereocenters. The van der Waals surface area contributed by atoms with E-state index in [0.29, 0.717) is 18.0 Å². The van der Waals surface area contributed by atoms with E-state index in [1.54, 1.807) is 0 Å². The van der Waals surface area contributed by atoms with Gasteiger partial charge in [0, 0.05) is 37.8 Å². The van der Waals surface area contributed by atoms with Gasteiger partial charge in [0.1, 0.15) is 0 Å². The number of piperidine rings is 1. The lowest BCUT2D eigenvalue weighted by Gasteiger charge is -2.38. The fourth-order valence-electron chi connectivity index (χ4n) is 2.99. The number of rotatable bonds is 2. The van der Waals surface area contributed by atoms with Gasteiger partial charge in [0.15, 0.2) is 0 Å². The lowest BCUT2D eigenvalue weighted by atomic mass is 9.93. The topological polar surface area (TPSA) is 32.5 Å². The Morgan fingerprint density at radius 3 is 2.44 bits per heavy atom. The van der Waals surface area contributed by atoms with Crippen molar-refractivity contribution in [2.45, 2.75) is 51.7 Å². The van der Waals surface area contributed by atoms with Crippen LogP contribution in [0.15, 0.2) is 0 Å². The van der Waals surface area contributed by atoms with E-state index in [1.807, 2.05) is 0 Å². The van der Waals surface area contributed by atoms with Crippen LogP contribution in [0.5, 0.6) is 0 Å². The molecule has 0 amide bonds. The molecule has 2 aliphatic heterocycles. The first-order valence-electron chi connectivity index (χ1n) is 6.81. The van der Waals surface area contributed by atoms with Gasteiger partial charge in [-0.25, -0.2) is 0 Å². The molecule has 2 N–H and O–H groups in total. The molecule has 0 aromatic rings. The van der Waals surface area contributed by atoms with Crippen molar-refractivity contribution in [2.75, 3.05) is 26.2 Å². The van der Waals surface area contributed by atoms with Crippen molar-refractivity contribution in [1.29, 1.82) is 0 Å². The molecule has 2 rings (SSSR count). The second-order valence-electron chi connectivity index (χ2n) is 5.96. The SMILES string of the molecule is CC1CCN(C2CCN(C(C)C)C2)CC1N. The Morgan fingerprint density at radius 1 is 1.12 bits per heavy atom. The van der Waals surface area contributed by atoms with E-state index >= 15 is 0 Å². The molecule has 16 heavy (non-hydrogen) atoms. The number of likely N-dealkylation sites (tertiary alicyclic amines) is 2. The summed E-state index contributed by atoms with van der Waals surface area (Å²) in [6, 6.07) is 1.85. The Hall–Kier alpha value is -0.120. The van der Waals surface area contributed by atoms with E-state index in [4.69, 9.17) is 5.73 Å². The maximum Gasteiger partial charge on any atom is 0.0236 e. The standard InChI is InChI=1S/C13H27N3/c1-10(2)15-7-5-12(8-15)16-6-4-11(3)13(14)9-16/h10-13H,4-9,14H2,1-3H3. The molecule has 3 nitrogen and oxygen atoms in total. The predicted molar refractivity (Wildman–Crippen MR) is 68.4 cm³/mol. The summed E-state index contributed by atoms with van der Waals surface area (Å²) in [5.74, 6) is 0.707. The molecule has 0 bridgehead atoms. The van der Waals surface area contributed by atoms with Crippen molar-refractivity contribution in [2.24, 2.45) is 11.7 Å². The van der Waals surface area contributed by atoms with E-state index in [0.717, 1.165) is 12.6 Å². The molecule has 0 aromatic heterocycles. The van der Waals surface area contributed by atoms with Gasteiger partial charge in [-0.1, -0.05) is 6.92 Å². The van der Waals surface area contributed by atoms with Gasteiger partial charge in [-0.3, -0.25) is 9.80 Å². The Balaban J connectivity index is 1.85.